The lowest BCUT2D eigenvalue weighted by molar-refractivity contribution is 0.0694. The molecule has 29 heavy (non-hydrogen) atoms. The Morgan fingerprint density at radius 2 is 2.00 bits per heavy atom. The summed E-state index contributed by atoms with van der Waals surface area (Å²) in [6.07, 6.45) is 2.65. The van der Waals surface area contributed by atoms with Crippen LogP contribution in [0.15, 0.2) is 29.2 Å². The second-order valence-electron chi connectivity index (χ2n) is 7.39. The predicted molar refractivity (Wildman–Crippen MR) is 104 cm³/mol. The van der Waals surface area contributed by atoms with Crippen LogP contribution in [-0.4, -0.2) is 20.6 Å². The molecule has 0 radical (unpaired) electrons. The van der Waals surface area contributed by atoms with Gasteiger partial charge < -0.3 is 15.0 Å². The Labute approximate surface area is 164 Å². The van der Waals surface area contributed by atoms with Crippen LogP contribution in [0.1, 0.15) is 46.1 Å². The number of carboxylic acids is 1. The van der Waals surface area contributed by atoms with E-state index in [1.807, 2.05) is 19.9 Å². The van der Waals surface area contributed by atoms with Crippen molar-refractivity contribution < 1.29 is 18.7 Å². The van der Waals surface area contributed by atoms with Crippen LogP contribution in [0.2, 0.25) is 0 Å². The molecule has 4 rings (SSSR count). The number of aryl methyl sites for hydroxylation is 2. The highest BCUT2D eigenvalue weighted by molar-refractivity contribution is 5.93. The fourth-order valence-electron chi connectivity index (χ4n) is 3.55. The van der Waals surface area contributed by atoms with Crippen molar-refractivity contribution in [3.63, 3.8) is 0 Å². The summed E-state index contributed by atoms with van der Waals surface area (Å²) in [5, 5.41) is 11.9. The van der Waals surface area contributed by atoms with Crippen LogP contribution >= 0.6 is 0 Å². The smallest absolute Gasteiger partial charge is 0.341 e. The third kappa shape index (κ3) is 3.46. The number of hydrogen-bond acceptors (Lipinski definition) is 4. The molecule has 150 valence electrons. The summed E-state index contributed by atoms with van der Waals surface area (Å²) in [6.45, 7) is 3.55. The van der Waals surface area contributed by atoms with Gasteiger partial charge in [0.05, 0.1) is 10.9 Å². The lowest BCUT2D eigenvalue weighted by Crippen LogP contribution is -2.20. The third-order valence-corrected chi connectivity index (χ3v) is 5.02. The van der Waals surface area contributed by atoms with Crippen molar-refractivity contribution in [1.82, 2.24) is 9.55 Å². The Bertz CT molecular complexity index is 1200. The first kappa shape index (κ1) is 19.0. The molecule has 0 saturated heterocycles. The Kier molecular flexibility index (Phi) is 4.56. The number of benzene rings is 1. The van der Waals surface area contributed by atoms with Crippen molar-refractivity contribution in [1.29, 1.82) is 0 Å². The monoisotopic (exact) mass is 399 g/mol. The Morgan fingerprint density at radius 3 is 2.62 bits per heavy atom. The Balaban J connectivity index is 1.83. The second kappa shape index (κ2) is 6.95. The minimum Gasteiger partial charge on any atom is -0.477 e. The third-order valence-electron chi connectivity index (χ3n) is 5.02. The van der Waals surface area contributed by atoms with Gasteiger partial charge in [0.25, 0.3) is 0 Å². The van der Waals surface area contributed by atoms with Gasteiger partial charge in [0.2, 0.25) is 5.43 Å². The van der Waals surface area contributed by atoms with Crippen LogP contribution in [-0.2, 0) is 6.54 Å². The molecule has 6 nitrogen and oxygen atoms in total. The maximum atomic E-state index is 15.3. The number of aromatic nitrogens is 2. The summed E-state index contributed by atoms with van der Waals surface area (Å²) in [4.78, 5) is 28.2. The number of rotatable bonds is 5. The summed E-state index contributed by atoms with van der Waals surface area (Å²) in [6, 6.07) is 4.48. The molecule has 0 bridgehead atoms. The number of pyridine rings is 2. The van der Waals surface area contributed by atoms with Crippen molar-refractivity contribution in [3.05, 3.63) is 68.6 Å². The largest absolute Gasteiger partial charge is 0.477 e. The molecule has 8 heteroatoms. The fraction of sp³-hybridized carbons (Fsp3) is 0.286. The van der Waals surface area contributed by atoms with Gasteiger partial charge in [-0.25, -0.2) is 18.6 Å². The van der Waals surface area contributed by atoms with E-state index in [0.717, 1.165) is 36.4 Å². The molecule has 0 unspecified atom stereocenters. The van der Waals surface area contributed by atoms with E-state index in [1.54, 1.807) is 6.07 Å². The van der Waals surface area contributed by atoms with Crippen LogP contribution in [0, 0.1) is 25.5 Å². The zero-order valence-corrected chi connectivity index (χ0v) is 15.9. The normalized spacial score (nSPS) is 13.7. The Hall–Kier alpha value is -3.29. The molecule has 1 aliphatic carbocycles. The highest BCUT2D eigenvalue weighted by Crippen LogP contribution is 2.38. The lowest BCUT2D eigenvalue weighted by Gasteiger charge is -2.16. The molecular weight excluding hydrogens is 380 g/mol. The quantitative estimate of drug-likeness (QED) is 0.679. The van der Waals surface area contributed by atoms with E-state index in [9.17, 15) is 19.1 Å². The minimum atomic E-state index is -1.42. The van der Waals surface area contributed by atoms with Crippen LogP contribution in [0.3, 0.4) is 0 Å². The molecule has 2 N–H and O–H groups in total. The molecule has 0 atom stereocenters. The van der Waals surface area contributed by atoms with Crippen molar-refractivity contribution in [2.45, 2.75) is 39.3 Å². The van der Waals surface area contributed by atoms with Crippen LogP contribution in [0.5, 0.6) is 0 Å². The van der Waals surface area contributed by atoms with E-state index in [0.29, 0.717) is 5.82 Å². The average Bonchev–Trinajstić information content (AvgIpc) is 3.46. The molecule has 1 aliphatic rings. The predicted octanol–water partition coefficient (Wildman–Crippen LogP) is 3.94. The molecule has 2 heterocycles. The number of fused-ring (bicyclic) bond motifs is 1. The van der Waals surface area contributed by atoms with E-state index in [1.165, 1.54) is 4.57 Å². The zero-order chi connectivity index (χ0) is 20.9. The van der Waals surface area contributed by atoms with Crippen LogP contribution in [0.4, 0.5) is 14.6 Å². The average molecular weight is 399 g/mol. The number of nitrogens with one attached hydrogen (secondary N) is 1. The summed E-state index contributed by atoms with van der Waals surface area (Å²) in [7, 11) is 0. The fourth-order valence-corrected chi connectivity index (χ4v) is 3.55. The van der Waals surface area contributed by atoms with Gasteiger partial charge in [0.1, 0.15) is 17.2 Å². The Morgan fingerprint density at radius 1 is 1.28 bits per heavy atom. The van der Waals surface area contributed by atoms with E-state index in [4.69, 9.17) is 0 Å². The van der Waals surface area contributed by atoms with E-state index >= 15 is 4.39 Å². The molecule has 2 aromatic heterocycles. The van der Waals surface area contributed by atoms with Gasteiger partial charge in [-0.15, -0.1) is 0 Å². The topological polar surface area (TPSA) is 84.2 Å². The number of carbonyl (C=O) groups is 1. The van der Waals surface area contributed by atoms with Gasteiger partial charge >= 0.3 is 5.97 Å². The number of nitrogens with zero attached hydrogens (tertiary/aromatic N) is 2. The summed E-state index contributed by atoms with van der Waals surface area (Å²) in [5.41, 5.74) is 0.0644. The second-order valence-corrected chi connectivity index (χ2v) is 7.39. The van der Waals surface area contributed by atoms with Crippen molar-refractivity contribution in [2.75, 3.05) is 5.32 Å². The summed E-state index contributed by atoms with van der Waals surface area (Å²) < 4.78 is 31.5. The first-order valence-electron chi connectivity index (χ1n) is 9.24. The standard InChI is InChI=1S/C21H19F2N3O3/c1-10-5-11(2)25-17(6-10)24-8-14-16(22)7-13-19(18(14)23)26(12-3-4-12)9-15(20(13)27)21(28)29/h5-7,9,12H,3-4,8H2,1-2H3,(H,24,25)(H,28,29). The minimum absolute atomic E-state index is 0.0610. The van der Waals surface area contributed by atoms with Crippen molar-refractivity contribution in [2.24, 2.45) is 0 Å². The molecule has 0 aliphatic heterocycles. The maximum absolute atomic E-state index is 15.3. The number of anilines is 1. The first-order chi connectivity index (χ1) is 13.8. The molecule has 1 aromatic carbocycles. The van der Waals surface area contributed by atoms with E-state index in [-0.39, 0.29) is 29.1 Å². The van der Waals surface area contributed by atoms with Gasteiger partial charge in [0, 0.05) is 30.0 Å². The van der Waals surface area contributed by atoms with Gasteiger partial charge in [0.15, 0.2) is 5.82 Å². The molecule has 0 amide bonds. The highest BCUT2D eigenvalue weighted by Gasteiger charge is 2.29. The summed E-state index contributed by atoms with van der Waals surface area (Å²) >= 11 is 0. The highest BCUT2D eigenvalue weighted by atomic mass is 19.1. The van der Waals surface area contributed by atoms with Gasteiger partial charge in [-0.2, -0.15) is 0 Å². The number of carboxylic acid groups (broad SMARTS) is 1. The zero-order valence-electron chi connectivity index (χ0n) is 15.9. The van der Waals surface area contributed by atoms with E-state index in [2.05, 4.69) is 10.3 Å². The molecule has 0 spiro atoms. The number of aromatic carboxylic acids is 1. The molecule has 1 saturated carbocycles. The lowest BCUT2D eigenvalue weighted by atomic mass is 10.1. The van der Waals surface area contributed by atoms with E-state index < -0.39 is 28.6 Å². The molecule has 1 fully saturated rings. The number of hydrogen-bond donors (Lipinski definition) is 2. The van der Waals surface area contributed by atoms with Gasteiger partial charge in [-0.1, -0.05) is 0 Å². The first-order valence-corrected chi connectivity index (χ1v) is 9.24. The van der Waals surface area contributed by atoms with Crippen LogP contribution < -0.4 is 10.7 Å². The molecule has 3 aromatic rings. The maximum Gasteiger partial charge on any atom is 0.341 e. The summed E-state index contributed by atoms with van der Waals surface area (Å²) in [5.74, 6) is -2.70. The van der Waals surface area contributed by atoms with Gasteiger partial charge in [-0.05, 0) is 50.5 Å². The SMILES string of the molecule is Cc1cc(C)nc(NCc2c(F)cc3c(=O)c(C(=O)O)cn(C4CC4)c3c2F)c1. The van der Waals surface area contributed by atoms with Crippen molar-refractivity contribution in [3.8, 4) is 0 Å². The van der Waals surface area contributed by atoms with Crippen LogP contribution in [0.25, 0.3) is 10.9 Å². The molecular formula is C21H19F2N3O3. The number of halogens is 2. The van der Waals surface area contributed by atoms with Crippen molar-refractivity contribution >= 4 is 22.7 Å². The van der Waals surface area contributed by atoms with Gasteiger partial charge in [-0.3, -0.25) is 4.79 Å².